The van der Waals surface area contributed by atoms with Crippen LogP contribution in [0.1, 0.15) is 57.0 Å². The zero-order valence-corrected chi connectivity index (χ0v) is 28.7. The van der Waals surface area contributed by atoms with Gasteiger partial charge in [-0.15, -0.1) is 0 Å². The largest absolute Gasteiger partial charge is 0.422 e. The molecule has 3 nitrogen and oxygen atoms in total. The van der Waals surface area contributed by atoms with Crippen molar-refractivity contribution >= 4 is 16.7 Å². The summed E-state index contributed by atoms with van der Waals surface area (Å²) in [5, 5.41) is 29.5. The van der Waals surface area contributed by atoms with Gasteiger partial charge in [0.05, 0.1) is 22.3 Å². The average molecular weight is 947 g/mol. The molecule has 0 aromatic heterocycles. The minimum Gasteiger partial charge on any atom is -0.206 e. The highest BCUT2D eigenvalue weighted by molar-refractivity contribution is 6.13. The number of hydrogen-bond donors (Lipinski definition) is 0. The Morgan fingerprint density at radius 3 is 0.667 bits per heavy atom. The van der Waals surface area contributed by atoms with Gasteiger partial charge in [-0.25, -0.2) is 48.3 Å². The molecule has 1 fully saturated rings. The summed E-state index contributed by atoms with van der Waals surface area (Å²) in [5.74, 6) is -38.8. The van der Waals surface area contributed by atoms with Crippen LogP contribution in [0.25, 0.3) is 16.7 Å². The lowest BCUT2D eigenvalue weighted by Crippen LogP contribution is -2.22. The maximum absolute atomic E-state index is 15.6. The molecule has 3 aromatic rings. The summed E-state index contributed by atoms with van der Waals surface area (Å²) in [6, 6.07) is 0.798. The van der Waals surface area contributed by atoms with Crippen molar-refractivity contribution in [3.63, 3.8) is 0 Å². The first-order chi connectivity index (χ1) is 28.3. The van der Waals surface area contributed by atoms with Gasteiger partial charge >= 0.3 is 30.9 Å². The van der Waals surface area contributed by atoms with Crippen LogP contribution in [0.2, 0.25) is 0 Å². The maximum Gasteiger partial charge on any atom is 0.422 e. The lowest BCUT2D eigenvalue weighted by Gasteiger charge is -2.20. The first kappa shape index (κ1) is 49.2. The van der Waals surface area contributed by atoms with Crippen molar-refractivity contribution in [2.75, 3.05) is 0 Å². The van der Waals surface area contributed by atoms with Crippen molar-refractivity contribution in [3.05, 3.63) is 119 Å². The minimum atomic E-state index is -6.90. The van der Waals surface area contributed by atoms with Crippen molar-refractivity contribution in [3.8, 4) is 18.2 Å². The Morgan fingerprint density at radius 2 is 0.492 bits per heavy atom. The highest BCUT2D eigenvalue weighted by Gasteiger charge is 2.55. The van der Waals surface area contributed by atoms with Crippen LogP contribution < -0.4 is 0 Å². The molecule has 0 atom stereocenters. The molecule has 0 saturated heterocycles. The van der Waals surface area contributed by atoms with Gasteiger partial charge in [0.1, 0.15) is 51.8 Å². The van der Waals surface area contributed by atoms with Crippen molar-refractivity contribution in [1.29, 1.82) is 15.8 Å². The Labute approximate surface area is 328 Å². The molecular weight excluding hydrogens is 944 g/mol. The van der Waals surface area contributed by atoms with E-state index in [1.54, 1.807) is 0 Å². The summed E-state index contributed by atoms with van der Waals surface area (Å²) in [5.41, 5.74) is -48.0. The highest BCUT2D eigenvalue weighted by Crippen LogP contribution is 2.60. The van der Waals surface area contributed by atoms with Crippen LogP contribution in [0.4, 0.5) is 114 Å². The number of allylic oxidation sites excluding steroid dienone is 6. The van der Waals surface area contributed by atoms with Crippen molar-refractivity contribution in [2.45, 2.75) is 43.7 Å². The van der Waals surface area contributed by atoms with E-state index in [1.807, 2.05) is 0 Å². The second kappa shape index (κ2) is 15.1. The van der Waals surface area contributed by atoms with Gasteiger partial charge in [0.15, 0.2) is 46.5 Å². The van der Waals surface area contributed by atoms with E-state index in [4.69, 9.17) is 0 Å². The first-order valence-electron chi connectivity index (χ1n) is 15.1. The number of halogens is 26. The lowest BCUT2D eigenvalue weighted by atomic mass is 9.91. The van der Waals surface area contributed by atoms with Gasteiger partial charge in [0, 0.05) is 40.3 Å². The van der Waals surface area contributed by atoms with E-state index < -0.39 is 180 Å². The summed E-state index contributed by atoms with van der Waals surface area (Å²) < 4.78 is 374. The smallest absolute Gasteiger partial charge is 0.206 e. The van der Waals surface area contributed by atoms with Gasteiger partial charge in [0.25, 0.3) is 5.92 Å². The third-order valence-corrected chi connectivity index (χ3v) is 8.34. The molecular formula is C34H3F26N3. The molecule has 1 aliphatic carbocycles. The van der Waals surface area contributed by atoms with Crippen molar-refractivity contribution < 1.29 is 114 Å². The number of nitriles is 3. The summed E-state index contributed by atoms with van der Waals surface area (Å²) in [6.45, 7) is -0.595. The molecule has 336 valence electrons. The van der Waals surface area contributed by atoms with E-state index in [9.17, 15) is 99.2 Å². The number of benzene rings is 3. The molecule has 0 amide bonds. The Bertz CT molecular complexity index is 2430. The van der Waals surface area contributed by atoms with E-state index in [0.717, 1.165) is 0 Å². The molecule has 29 heteroatoms. The van der Waals surface area contributed by atoms with E-state index in [0.29, 0.717) is 6.07 Å². The SMILES string of the molecule is CC(F)(F)c1c(F)c(F)c(/C(C#N)=C2/C(=C(C#N)c3c(F)c(F)c(C(F)(F)F)c(F)c3C(F)(F)F)/C2=C(/C#N)c2c(F)c(F)c(C(F)(F)F)c(F)c2C(F)(F)F)c(C(F)(F)F)c1F. The van der Waals surface area contributed by atoms with E-state index in [1.165, 1.54) is 0 Å². The fourth-order valence-corrected chi connectivity index (χ4v) is 6.01. The van der Waals surface area contributed by atoms with Crippen LogP contribution in [-0.4, -0.2) is 0 Å². The minimum absolute atomic E-state index is 0.251. The van der Waals surface area contributed by atoms with E-state index >= 15 is 30.7 Å². The lowest BCUT2D eigenvalue weighted by molar-refractivity contribution is -0.151. The highest BCUT2D eigenvalue weighted by atomic mass is 19.4. The first-order valence-corrected chi connectivity index (χ1v) is 15.1. The Kier molecular flexibility index (Phi) is 11.8. The molecule has 0 spiro atoms. The van der Waals surface area contributed by atoms with Crippen LogP contribution in [0.3, 0.4) is 0 Å². The number of alkyl halides is 17. The zero-order valence-electron chi connectivity index (χ0n) is 28.7. The molecule has 3 aromatic carbocycles. The summed E-state index contributed by atoms with van der Waals surface area (Å²) in [7, 11) is 0. The van der Waals surface area contributed by atoms with Crippen LogP contribution in [0.15, 0.2) is 16.7 Å². The van der Waals surface area contributed by atoms with Gasteiger partial charge in [-0.3, -0.25) is 0 Å². The summed E-state index contributed by atoms with van der Waals surface area (Å²) in [6.07, 6.45) is -33.9. The Balaban J connectivity index is 2.59. The quantitative estimate of drug-likeness (QED) is 0.149. The fourth-order valence-electron chi connectivity index (χ4n) is 6.01. The third-order valence-electron chi connectivity index (χ3n) is 8.34. The van der Waals surface area contributed by atoms with Crippen LogP contribution in [0.5, 0.6) is 0 Å². The summed E-state index contributed by atoms with van der Waals surface area (Å²) in [4.78, 5) is 0. The van der Waals surface area contributed by atoms with Crippen molar-refractivity contribution in [1.82, 2.24) is 0 Å². The Hall–Kier alpha value is -6.47. The monoisotopic (exact) mass is 947 g/mol. The number of hydrogen-bond acceptors (Lipinski definition) is 3. The van der Waals surface area contributed by atoms with Gasteiger partial charge in [-0.1, -0.05) is 0 Å². The molecule has 4 rings (SSSR count). The van der Waals surface area contributed by atoms with Crippen LogP contribution in [-0.2, 0) is 36.8 Å². The molecule has 0 N–H and O–H groups in total. The average Bonchev–Trinajstić information content (AvgIpc) is 3.78. The predicted octanol–water partition coefficient (Wildman–Crippen LogP) is 13.4. The van der Waals surface area contributed by atoms with Gasteiger partial charge in [-0.05, 0) is 0 Å². The Morgan fingerprint density at radius 1 is 0.302 bits per heavy atom. The molecule has 1 aliphatic rings. The third kappa shape index (κ3) is 7.94. The second-order valence-electron chi connectivity index (χ2n) is 12.2. The standard InChI is InChI=1S/C34H3F26N3/c1-29(44,45)17-23(38)14(30(46,47)48)11(20(35)26(17)41)5(2-61)8-9(6(3-62)12-15(31(49,50)51)24(39)18(33(55,56)57)27(42)21(12)36)10(8)7(4-63)13-16(32(52,53)54)25(40)19(34(58,59)60)28(43)22(13)37/h1H3/b8-5-,9-6?,10-7-. The van der Waals surface area contributed by atoms with Gasteiger partial charge in [-0.2, -0.15) is 81.6 Å². The molecule has 1 saturated carbocycles. The normalized spacial score (nSPS) is 16.4. The molecule has 0 radical (unpaired) electrons. The van der Waals surface area contributed by atoms with Crippen LogP contribution in [0, 0.1) is 86.3 Å². The van der Waals surface area contributed by atoms with Crippen LogP contribution >= 0.6 is 0 Å². The number of rotatable bonds is 4. The molecule has 63 heavy (non-hydrogen) atoms. The zero-order chi connectivity index (χ0) is 49.0. The molecule has 0 heterocycles. The van der Waals surface area contributed by atoms with Gasteiger partial charge in [0.2, 0.25) is 0 Å². The molecule has 0 unspecified atom stereocenters. The topological polar surface area (TPSA) is 71.4 Å². The predicted molar refractivity (Wildman–Crippen MR) is 151 cm³/mol. The van der Waals surface area contributed by atoms with E-state index in [-0.39, 0.29) is 12.1 Å². The van der Waals surface area contributed by atoms with Crippen molar-refractivity contribution in [2.24, 2.45) is 0 Å². The van der Waals surface area contributed by atoms with E-state index in [2.05, 4.69) is 0 Å². The van der Waals surface area contributed by atoms with Gasteiger partial charge < -0.3 is 0 Å². The maximum atomic E-state index is 15.6. The summed E-state index contributed by atoms with van der Waals surface area (Å²) >= 11 is 0. The number of nitrogens with zero attached hydrogens (tertiary/aromatic N) is 3. The fraction of sp³-hybridized carbons (Fsp3) is 0.206. The molecule has 0 bridgehead atoms. The molecule has 0 aliphatic heterocycles. The second-order valence-corrected chi connectivity index (χ2v) is 12.2.